The maximum Gasteiger partial charge on any atom is 0.220 e. The SMILES string of the molecule is C[C@@H](CCC(=O)NCc1cccc(CO)c1)N1CCCCC1. The molecular weight excluding hydrogens is 276 g/mol. The molecule has 1 fully saturated rings. The van der Waals surface area contributed by atoms with Gasteiger partial charge in [-0.15, -0.1) is 0 Å². The smallest absolute Gasteiger partial charge is 0.220 e. The minimum atomic E-state index is 0.0368. The fraction of sp³-hybridized carbons (Fsp3) is 0.611. The van der Waals surface area contributed by atoms with Crippen LogP contribution in [0.25, 0.3) is 0 Å². The number of benzene rings is 1. The predicted octanol–water partition coefficient (Wildman–Crippen LogP) is 2.45. The number of aliphatic hydroxyl groups is 1. The van der Waals surface area contributed by atoms with E-state index < -0.39 is 0 Å². The summed E-state index contributed by atoms with van der Waals surface area (Å²) in [5.74, 6) is 0.110. The first-order chi connectivity index (χ1) is 10.7. The second-order valence-corrected chi connectivity index (χ2v) is 6.24. The molecule has 1 aromatic carbocycles. The van der Waals surface area contributed by atoms with Crippen molar-refractivity contribution in [3.63, 3.8) is 0 Å². The molecule has 1 aliphatic rings. The van der Waals surface area contributed by atoms with Crippen molar-refractivity contribution in [2.24, 2.45) is 0 Å². The number of carbonyl (C=O) groups excluding carboxylic acids is 1. The molecule has 0 bridgehead atoms. The van der Waals surface area contributed by atoms with Crippen molar-refractivity contribution in [2.75, 3.05) is 13.1 Å². The molecule has 0 saturated carbocycles. The summed E-state index contributed by atoms with van der Waals surface area (Å²) in [6, 6.07) is 8.17. The Hall–Kier alpha value is -1.39. The van der Waals surface area contributed by atoms with Gasteiger partial charge in [0.15, 0.2) is 0 Å². The summed E-state index contributed by atoms with van der Waals surface area (Å²) in [5.41, 5.74) is 1.91. The predicted molar refractivity (Wildman–Crippen MR) is 88.3 cm³/mol. The number of carbonyl (C=O) groups is 1. The van der Waals surface area contributed by atoms with Crippen LogP contribution in [-0.4, -0.2) is 35.0 Å². The van der Waals surface area contributed by atoms with E-state index in [9.17, 15) is 4.79 Å². The van der Waals surface area contributed by atoms with Crippen LogP contribution < -0.4 is 5.32 Å². The zero-order chi connectivity index (χ0) is 15.8. The first kappa shape index (κ1) is 17.0. The van der Waals surface area contributed by atoms with Crippen LogP contribution in [0.1, 0.15) is 50.2 Å². The lowest BCUT2D eigenvalue weighted by Gasteiger charge is -2.32. The fourth-order valence-electron chi connectivity index (χ4n) is 3.01. The lowest BCUT2D eigenvalue weighted by Crippen LogP contribution is -2.38. The van der Waals surface area contributed by atoms with Gasteiger partial charge >= 0.3 is 0 Å². The number of hydrogen-bond acceptors (Lipinski definition) is 3. The number of piperidine rings is 1. The van der Waals surface area contributed by atoms with E-state index in [4.69, 9.17) is 5.11 Å². The van der Waals surface area contributed by atoms with E-state index >= 15 is 0 Å². The Bertz CT molecular complexity index is 470. The van der Waals surface area contributed by atoms with E-state index in [1.807, 2.05) is 24.3 Å². The van der Waals surface area contributed by atoms with Crippen LogP contribution in [0, 0.1) is 0 Å². The molecule has 0 aromatic heterocycles. The van der Waals surface area contributed by atoms with Gasteiger partial charge in [-0.25, -0.2) is 0 Å². The highest BCUT2D eigenvalue weighted by atomic mass is 16.3. The van der Waals surface area contributed by atoms with Gasteiger partial charge in [0.25, 0.3) is 0 Å². The number of hydrogen-bond donors (Lipinski definition) is 2. The molecule has 22 heavy (non-hydrogen) atoms. The molecule has 0 unspecified atom stereocenters. The summed E-state index contributed by atoms with van der Waals surface area (Å²) in [7, 11) is 0. The summed E-state index contributed by atoms with van der Waals surface area (Å²) in [5, 5.41) is 12.1. The van der Waals surface area contributed by atoms with Gasteiger partial charge in [-0.1, -0.05) is 30.7 Å². The molecule has 1 atom stereocenters. The van der Waals surface area contributed by atoms with E-state index in [0.717, 1.165) is 17.5 Å². The summed E-state index contributed by atoms with van der Waals surface area (Å²) >= 11 is 0. The Balaban J connectivity index is 1.68. The van der Waals surface area contributed by atoms with E-state index in [0.29, 0.717) is 19.0 Å². The average molecular weight is 304 g/mol. The van der Waals surface area contributed by atoms with Crippen molar-refractivity contribution in [3.05, 3.63) is 35.4 Å². The van der Waals surface area contributed by atoms with Crippen molar-refractivity contribution in [2.45, 2.75) is 58.2 Å². The largest absolute Gasteiger partial charge is 0.392 e. The molecular formula is C18H28N2O2. The molecule has 122 valence electrons. The van der Waals surface area contributed by atoms with E-state index in [1.54, 1.807) is 0 Å². The van der Waals surface area contributed by atoms with Crippen molar-refractivity contribution in [1.29, 1.82) is 0 Å². The number of nitrogens with zero attached hydrogens (tertiary/aromatic N) is 1. The third kappa shape index (κ3) is 5.43. The molecule has 2 N–H and O–H groups in total. The highest BCUT2D eigenvalue weighted by molar-refractivity contribution is 5.75. The van der Waals surface area contributed by atoms with Gasteiger partial charge in [0.1, 0.15) is 0 Å². The lowest BCUT2D eigenvalue weighted by atomic mass is 10.1. The van der Waals surface area contributed by atoms with Crippen LogP contribution in [0.3, 0.4) is 0 Å². The molecule has 1 saturated heterocycles. The van der Waals surface area contributed by atoms with Gasteiger partial charge in [-0.05, 0) is 50.4 Å². The second kappa shape index (κ2) is 8.91. The Morgan fingerprint density at radius 2 is 2.00 bits per heavy atom. The topological polar surface area (TPSA) is 52.6 Å². The summed E-state index contributed by atoms with van der Waals surface area (Å²) < 4.78 is 0. The fourth-order valence-corrected chi connectivity index (χ4v) is 3.01. The summed E-state index contributed by atoms with van der Waals surface area (Å²) in [4.78, 5) is 14.5. The molecule has 0 aliphatic carbocycles. The van der Waals surface area contributed by atoms with E-state index in [-0.39, 0.29) is 12.5 Å². The molecule has 4 heteroatoms. The highest BCUT2D eigenvalue weighted by Gasteiger charge is 2.17. The third-order valence-electron chi connectivity index (χ3n) is 4.47. The van der Waals surface area contributed by atoms with Crippen LogP contribution in [0.2, 0.25) is 0 Å². The number of likely N-dealkylation sites (tertiary alicyclic amines) is 1. The van der Waals surface area contributed by atoms with Crippen molar-refractivity contribution >= 4 is 5.91 Å². The van der Waals surface area contributed by atoms with Crippen LogP contribution >= 0.6 is 0 Å². The molecule has 4 nitrogen and oxygen atoms in total. The van der Waals surface area contributed by atoms with E-state index in [1.165, 1.54) is 32.4 Å². The minimum absolute atomic E-state index is 0.0368. The number of rotatable bonds is 7. The molecule has 0 spiro atoms. The van der Waals surface area contributed by atoms with Gasteiger partial charge in [-0.2, -0.15) is 0 Å². The van der Waals surface area contributed by atoms with Crippen LogP contribution in [0.15, 0.2) is 24.3 Å². The number of aliphatic hydroxyl groups excluding tert-OH is 1. The maximum atomic E-state index is 12.0. The third-order valence-corrected chi connectivity index (χ3v) is 4.47. The van der Waals surface area contributed by atoms with Gasteiger partial charge in [0.2, 0.25) is 5.91 Å². The lowest BCUT2D eigenvalue weighted by molar-refractivity contribution is -0.121. The van der Waals surface area contributed by atoms with Crippen LogP contribution in [0.4, 0.5) is 0 Å². The Morgan fingerprint density at radius 3 is 2.73 bits per heavy atom. The summed E-state index contributed by atoms with van der Waals surface area (Å²) in [6.45, 7) is 5.15. The Labute approximate surface area is 133 Å². The highest BCUT2D eigenvalue weighted by Crippen LogP contribution is 2.15. The molecule has 1 aromatic rings. The first-order valence-corrected chi connectivity index (χ1v) is 8.38. The monoisotopic (exact) mass is 304 g/mol. The minimum Gasteiger partial charge on any atom is -0.392 e. The zero-order valence-electron chi connectivity index (χ0n) is 13.6. The standard InChI is InChI=1S/C18H28N2O2/c1-15(20-10-3-2-4-11-20)8-9-18(22)19-13-16-6-5-7-17(12-16)14-21/h5-7,12,15,21H,2-4,8-11,13-14H2,1H3,(H,19,22)/t15-/m0/s1. The number of nitrogens with one attached hydrogen (secondary N) is 1. The first-order valence-electron chi connectivity index (χ1n) is 8.38. The van der Waals surface area contributed by atoms with Crippen molar-refractivity contribution < 1.29 is 9.90 Å². The molecule has 1 heterocycles. The molecule has 0 radical (unpaired) electrons. The normalized spacial score (nSPS) is 17.2. The van der Waals surface area contributed by atoms with Crippen molar-refractivity contribution in [1.82, 2.24) is 10.2 Å². The zero-order valence-corrected chi connectivity index (χ0v) is 13.6. The van der Waals surface area contributed by atoms with Gasteiger partial charge < -0.3 is 15.3 Å². The molecule has 1 amide bonds. The van der Waals surface area contributed by atoms with Crippen LogP contribution in [-0.2, 0) is 17.9 Å². The molecule has 1 aliphatic heterocycles. The van der Waals surface area contributed by atoms with Gasteiger partial charge in [0.05, 0.1) is 6.61 Å². The van der Waals surface area contributed by atoms with Gasteiger partial charge in [0, 0.05) is 19.0 Å². The summed E-state index contributed by atoms with van der Waals surface area (Å²) in [6.07, 6.45) is 5.42. The second-order valence-electron chi connectivity index (χ2n) is 6.24. The number of amides is 1. The molecule has 2 rings (SSSR count). The average Bonchev–Trinajstić information content (AvgIpc) is 2.58. The quantitative estimate of drug-likeness (QED) is 0.813. The maximum absolute atomic E-state index is 12.0. The van der Waals surface area contributed by atoms with E-state index in [2.05, 4.69) is 17.1 Å². The Kier molecular flexibility index (Phi) is 6.87. The Morgan fingerprint density at radius 1 is 1.27 bits per heavy atom. The van der Waals surface area contributed by atoms with Crippen LogP contribution in [0.5, 0.6) is 0 Å². The van der Waals surface area contributed by atoms with Gasteiger partial charge in [-0.3, -0.25) is 4.79 Å². The van der Waals surface area contributed by atoms with Crippen molar-refractivity contribution in [3.8, 4) is 0 Å².